The molecule has 2 N–H and O–H groups in total. The Morgan fingerprint density at radius 1 is 1.03 bits per heavy atom. The molecule has 6 heteroatoms. The molecule has 4 rings (SSSR count). The van der Waals surface area contributed by atoms with Gasteiger partial charge in [-0.15, -0.1) is 0 Å². The van der Waals surface area contributed by atoms with Crippen LogP contribution in [0.15, 0.2) is 11.6 Å². The van der Waals surface area contributed by atoms with Gasteiger partial charge in [-0.25, -0.2) is 4.18 Å². The van der Waals surface area contributed by atoms with Gasteiger partial charge in [-0.2, -0.15) is 8.42 Å². The van der Waals surface area contributed by atoms with Crippen LogP contribution in [0.5, 0.6) is 0 Å². The van der Waals surface area contributed by atoms with Gasteiger partial charge in [-0.3, -0.25) is 4.55 Å². The average molecular weight is 497 g/mol. The van der Waals surface area contributed by atoms with Crippen molar-refractivity contribution in [3.05, 3.63) is 11.6 Å². The molecule has 0 spiro atoms. The molecule has 0 bridgehead atoms. The highest BCUT2D eigenvalue weighted by Gasteiger charge is 2.59. The van der Waals surface area contributed by atoms with Crippen molar-refractivity contribution >= 4 is 10.4 Å². The van der Waals surface area contributed by atoms with Crippen LogP contribution < -0.4 is 0 Å². The first-order valence-corrected chi connectivity index (χ1v) is 15.1. The summed E-state index contributed by atoms with van der Waals surface area (Å²) in [5.74, 6) is 3.45. The van der Waals surface area contributed by atoms with Gasteiger partial charge in [-0.1, -0.05) is 46.3 Å². The molecule has 0 heterocycles. The van der Waals surface area contributed by atoms with Crippen molar-refractivity contribution in [1.82, 2.24) is 0 Å². The second-order valence-corrected chi connectivity index (χ2v) is 14.6. The summed E-state index contributed by atoms with van der Waals surface area (Å²) in [4.78, 5) is 0. The third kappa shape index (κ3) is 4.90. The molecule has 3 saturated carbocycles. The highest BCUT2D eigenvalue weighted by molar-refractivity contribution is 7.80. The number of aliphatic hydroxyl groups is 1. The predicted molar refractivity (Wildman–Crippen MR) is 135 cm³/mol. The molecule has 0 radical (unpaired) electrons. The Balaban J connectivity index is 1.46. The molecule has 3 fully saturated rings. The van der Waals surface area contributed by atoms with Crippen molar-refractivity contribution in [3.63, 3.8) is 0 Å². The van der Waals surface area contributed by atoms with Crippen molar-refractivity contribution < 1.29 is 22.3 Å². The molecule has 0 aromatic rings. The maximum atomic E-state index is 11.3. The summed E-state index contributed by atoms with van der Waals surface area (Å²) in [6.07, 6.45) is 12.8. The molecule has 196 valence electrons. The van der Waals surface area contributed by atoms with Crippen molar-refractivity contribution in [2.24, 2.45) is 46.3 Å². The van der Waals surface area contributed by atoms with Gasteiger partial charge in [0, 0.05) is 0 Å². The highest BCUT2D eigenvalue weighted by atomic mass is 32.3. The fourth-order valence-corrected chi connectivity index (χ4v) is 9.69. The van der Waals surface area contributed by atoms with E-state index < -0.39 is 22.1 Å². The smallest absolute Gasteiger partial charge is 0.390 e. The fraction of sp³-hybridized carbons (Fsp3) is 0.929. The molecule has 0 aromatic carbocycles. The normalized spacial score (nSPS) is 44.1. The third-order valence-electron chi connectivity index (χ3n) is 11.0. The topological polar surface area (TPSA) is 83.8 Å². The van der Waals surface area contributed by atoms with Crippen molar-refractivity contribution in [2.75, 3.05) is 0 Å². The zero-order valence-corrected chi connectivity index (χ0v) is 23.0. The maximum Gasteiger partial charge on any atom is 0.397 e. The number of allylic oxidation sites excluding steroid dienone is 1. The molecular formula is C28H48O5S. The van der Waals surface area contributed by atoms with Crippen LogP contribution in [0.1, 0.15) is 106 Å². The van der Waals surface area contributed by atoms with Crippen molar-refractivity contribution in [2.45, 2.75) is 117 Å². The minimum absolute atomic E-state index is 0.0386. The lowest BCUT2D eigenvalue weighted by Crippen LogP contribution is -2.52. The molecule has 0 aliphatic heterocycles. The summed E-state index contributed by atoms with van der Waals surface area (Å²) in [6.45, 7) is 13.3. The predicted octanol–water partition coefficient (Wildman–Crippen LogP) is 6.58. The minimum atomic E-state index is -4.42. The summed E-state index contributed by atoms with van der Waals surface area (Å²) in [7, 11) is -4.42. The van der Waals surface area contributed by atoms with E-state index in [0.717, 1.165) is 43.4 Å². The Bertz CT molecular complexity index is 892. The van der Waals surface area contributed by atoms with Crippen LogP contribution in [0.4, 0.5) is 0 Å². The standard InChI is InChI=1S/C28H48O5S/c1-18(2)25(33-34(30,31)32)12-7-19(3)22-10-11-23-21-9-8-20-17-26(4,29)15-16-27(20,5)24(21)13-14-28(22,23)6/h8,18-19,21-25,29H,7,9-17H2,1-6H3,(H,30,31,32)/t19-,21?,22?,23?,24?,25?,26+,27?,28?/m1/s1. The third-order valence-corrected chi connectivity index (χ3v) is 11.5. The largest absolute Gasteiger partial charge is 0.397 e. The molecule has 0 saturated heterocycles. The van der Waals surface area contributed by atoms with E-state index in [9.17, 15) is 18.1 Å². The number of rotatable bonds is 7. The summed E-state index contributed by atoms with van der Waals surface area (Å²) in [6, 6.07) is 0. The SMILES string of the molecule is CC(C)C(CC[C@@H](C)C1CCC2C3CC=C4C[C@@](C)(O)CCC4(C)C3CCC21C)OS(=O)(=O)O. The van der Waals surface area contributed by atoms with Crippen LogP contribution in [-0.4, -0.2) is 29.8 Å². The maximum absolute atomic E-state index is 11.3. The van der Waals surface area contributed by atoms with Gasteiger partial charge in [0.25, 0.3) is 0 Å². The van der Waals surface area contributed by atoms with Crippen LogP contribution in [-0.2, 0) is 14.6 Å². The second kappa shape index (κ2) is 9.15. The zero-order valence-electron chi connectivity index (χ0n) is 22.2. The van der Waals surface area contributed by atoms with E-state index in [4.69, 9.17) is 4.18 Å². The second-order valence-electron chi connectivity index (χ2n) is 13.5. The lowest BCUT2D eigenvalue weighted by atomic mass is 9.46. The molecule has 0 aromatic heterocycles. The van der Waals surface area contributed by atoms with Crippen LogP contribution in [0.2, 0.25) is 0 Å². The molecule has 0 amide bonds. The summed E-state index contributed by atoms with van der Waals surface area (Å²) < 4.78 is 36.8. The molecule has 4 aliphatic rings. The summed E-state index contributed by atoms with van der Waals surface area (Å²) in [5.41, 5.74) is 1.59. The molecule has 7 unspecified atom stereocenters. The summed E-state index contributed by atoms with van der Waals surface area (Å²) >= 11 is 0. The Kier molecular flexibility index (Phi) is 7.16. The van der Waals surface area contributed by atoms with Gasteiger partial charge in [0.2, 0.25) is 0 Å². The molecule has 34 heavy (non-hydrogen) atoms. The Morgan fingerprint density at radius 3 is 2.38 bits per heavy atom. The van der Waals surface area contributed by atoms with E-state index in [1.165, 1.54) is 37.7 Å². The van der Waals surface area contributed by atoms with E-state index in [1.807, 2.05) is 20.8 Å². The van der Waals surface area contributed by atoms with E-state index in [-0.39, 0.29) is 11.3 Å². The van der Waals surface area contributed by atoms with Gasteiger partial charge >= 0.3 is 10.4 Å². The van der Waals surface area contributed by atoms with E-state index in [2.05, 4.69) is 26.8 Å². The van der Waals surface area contributed by atoms with Gasteiger partial charge in [0.15, 0.2) is 0 Å². The van der Waals surface area contributed by atoms with Crippen LogP contribution in [0.3, 0.4) is 0 Å². The Labute approximate surface area is 208 Å². The zero-order chi connectivity index (χ0) is 25.1. The number of hydrogen-bond acceptors (Lipinski definition) is 4. The van der Waals surface area contributed by atoms with Crippen molar-refractivity contribution in [3.8, 4) is 0 Å². The quantitative estimate of drug-likeness (QED) is 0.307. The first-order chi connectivity index (χ1) is 15.7. The first-order valence-electron chi connectivity index (χ1n) is 13.7. The van der Waals surface area contributed by atoms with E-state index in [1.54, 1.807) is 0 Å². The first kappa shape index (κ1) is 26.6. The summed E-state index contributed by atoms with van der Waals surface area (Å²) in [5, 5.41) is 10.7. The molecule has 4 aliphatic carbocycles. The number of hydrogen-bond donors (Lipinski definition) is 2. The lowest BCUT2D eigenvalue weighted by molar-refractivity contribution is -0.0709. The molecular weight excluding hydrogens is 448 g/mol. The van der Waals surface area contributed by atoms with Crippen LogP contribution in [0, 0.1) is 46.3 Å². The van der Waals surface area contributed by atoms with Gasteiger partial charge in [-0.05, 0) is 117 Å². The lowest BCUT2D eigenvalue weighted by Gasteiger charge is -2.59. The van der Waals surface area contributed by atoms with Crippen LogP contribution >= 0.6 is 0 Å². The Morgan fingerprint density at radius 2 is 1.74 bits per heavy atom. The fourth-order valence-electron chi connectivity index (χ4n) is 9.06. The van der Waals surface area contributed by atoms with E-state index >= 15 is 0 Å². The van der Waals surface area contributed by atoms with Gasteiger partial charge in [0.1, 0.15) is 0 Å². The molecule has 9 atom stereocenters. The van der Waals surface area contributed by atoms with Crippen LogP contribution in [0.25, 0.3) is 0 Å². The monoisotopic (exact) mass is 496 g/mol. The van der Waals surface area contributed by atoms with Gasteiger partial charge in [0.05, 0.1) is 11.7 Å². The van der Waals surface area contributed by atoms with E-state index in [0.29, 0.717) is 23.7 Å². The number of fused-ring (bicyclic) bond motifs is 5. The minimum Gasteiger partial charge on any atom is -0.390 e. The Hall–Kier alpha value is -0.430. The average Bonchev–Trinajstić information content (AvgIpc) is 3.07. The molecule has 5 nitrogen and oxygen atoms in total. The van der Waals surface area contributed by atoms with Gasteiger partial charge < -0.3 is 5.11 Å². The highest BCUT2D eigenvalue weighted by Crippen LogP contribution is 2.67. The van der Waals surface area contributed by atoms with Crippen molar-refractivity contribution in [1.29, 1.82) is 0 Å².